The van der Waals surface area contributed by atoms with Crippen LogP contribution < -0.4 is 10.5 Å². The number of rotatable bonds is 3. The lowest BCUT2D eigenvalue weighted by Gasteiger charge is -2.08. The first-order valence-corrected chi connectivity index (χ1v) is 7.61. The summed E-state index contributed by atoms with van der Waals surface area (Å²) in [6, 6.07) is 7.83. The summed E-state index contributed by atoms with van der Waals surface area (Å²) in [5.74, 6) is 5.79. The van der Waals surface area contributed by atoms with Crippen LogP contribution in [0, 0.1) is 18.8 Å². The molecule has 1 aromatic carbocycles. The molecule has 0 atom stereocenters. The third kappa shape index (κ3) is 3.78. The number of nitrogens with one attached hydrogen (secondary N) is 1. The Morgan fingerprint density at radius 3 is 2.76 bits per heavy atom. The van der Waals surface area contributed by atoms with Gasteiger partial charge in [0, 0.05) is 11.8 Å². The van der Waals surface area contributed by atoms with Gasteiger partial charge in [-0.15, -0.1) is 5.10 Å². The maximum atomic E-state index is 12.2. The van der Waals surface area contributed by atoms with Crippen molar-refractivity contribution in [2.75, 3.05) is 11.3 Å². The minimum Gasteiger partial charge on any atom is -0.320 e. The van der Waals surface area contributed by atoms with Gasteiger partial charge in [0.2, 0.25) is 0 Å². The van der Waals surface area contributed by atoms with Crippen molar-refractivity contribution in [3.63, 3.8) is 0 Å². The molecule has 0 aliphatic rings. The lowest BCUT2D eigenvalue weighted by Crippen LogP contribution is -2.14. The van der Waals surface area contributed by atoms with Gasteiger partial charge in [-0.05, 0) is 42.8 Å². The Morgan fingerprint density at radius 1 is 1.33 bits per heavy atom. The van der Waals surface area contributed by atoms with E-state index in [0.29, 0.717) is 0 Å². The standard InChI is InChI=1S/C14H14N4O2S/c1-11-10-13(7-6-12(11)4-2-8-15)21(19,20)18-14-5-3-9-16-17-14/h3,5-7,9-10H,8,15H2,1H3,(H,17,18). The fraction of sp³-hybridized carbons (Fsp3) is 0.143. The molecule has 1 heterocycles. The van der Waals surface area contributed by atoms with E-state index in [1.807, 2.05) is 0 Å². The zero-order valence-electron chi connectivity index (χ0n) is 11.4. The van der Waals surface area contributed by atoms with Crippen molar-refractivity contribution < 1.29 is 8.42 Å². The van der Waals surface area contributed by atoms with Crippen molar-refractivity contribution in [3.8, 4) is 11.8 Å². The first-order valence-electron chi connectivity index (χ1n) is 6.13. The molecule has 3 N–H and O–H groups in total. The molecule has 0 amide bonds. The quantitative estimate of drug-likeness (QED) is 0.821. The topological polar surface area (TPSA) is 98.0 Å². The second kappa shape index (κ2) is 6.35. The summed E-state index contributed by atoms with van der Waals surface area (Å²) in [5, 5.41) is 7.31. The van der Waals surface area contributed by atoms with Crippen LogP contribution in [-0.4, -0.2) is 25.2 Å². The van der Waals surface area contributed by atoms with Crippen LogP contribution in [-0.2, 0) is 10.0 Å². The number of anilines is 1. The second-order valence-corrected chi connectivity index (χ2v) is 5.88. The van der Waals surface area contributed by atoms with Crippen molar-refractivity contribution in [1.82, 2.24) is 10.2 Å². The van der Waals surface area contributed by atoms with Crippen molar-refractivity contribution in [3.05, 3.63) is 47.7 Å². The predicted octanol–water partition coefficient (Wildman–Crippen LogP) is 0.896. The first-order chi connectivity index (χ1) is 10.0. The Balaban J connectivity index is 2.31. The van der Waals surface area contributed by atoms with Crippen molar-refractivity contribution in [2.24, 2.45) is 5.73 Å². The average molecular weight is 302 g/mol. The molecule has 0 saturated heterocycles. The molecule has 6 nitrogen and oxygen atoms in total. The van der Waals surface area contributed by atoms with E-state index in [-0.39, 0.29) is 17.3 Å². The molecule has 0 aliphatic heterocycles. The van der Waals surface area contributed by atoms with Gasteiger partial charge in [0.15, 0.2) is 5.82 Å². The van der Waals surface area contributed by atoms with Gasteiger partial charge in [-0.25, -0.2) is 8.42 Å². The maximum Gasteiger partial charge on any atom is 0.263 e. The van der Waals surface area contributed by atoms with Crippen molar-refractivity contribution in [1.29, 1.82) is 0 Å². The molecule has 0 spiro atoms. The van der Waals surface area contributed by atoms with Gasteiger partial charge in [-0.2, -0.15) is 5.10 Å². The van der Waals surface area contributed by atoms with Gasteiger partial charge in [0.25, 0.3) is 10.0 Å². The van der Waals surface area contributed by atoms with E-state index in [2.05, 4.69) is 26.8 Å². The lowest BCUT2D eigenvalue weighted by atomic mass is 10.1. The summed E-state index contributed by atoms with van der Waals surface area (Å²) in [6.45, 7) is 2.05. The van der Waals surface area contributed by atoms with E-state index in [0.717, 1.165) is 11.1 Å². The highest BCUT2D eigenvalue weighted by molar-refractivity contribution is 7.92. The molecule has 0 saturated carbocycles. The number of aryl methyl sites for hydroxylation is 1. The van der Waals surface area contributed by atoms with E-state index in [9.17, 15) is 8.42 Å². The molecule has 0 radical (unpaired) electrons. The highest BCUT2D eigenvalue weighted by Gasteiger charge is 2.15. The normalized spacial score (nSPS) is 10.6. The summed E-state index contributed by atoms with van der Waals surface area (Å²) in [4.78, 5) is 0.143. The Bertz CT molecular complexity index is 793. The minimum atomic E-state index is -3.70. The second-order valence-electron chi connectivity index (χ2n) is 4.20. The number of hydrogen-bond donors (Lipinski definition) is 2. The van der Waals surface area contributed by atoms with E-state index in [4.69, 9.17) is 5.73 Å². The number of nitrogens with two attached hydrogens (primary N) is 1. The zero-order chi connectivity index (χ0) is 15.3. The predicted molar refractivity (Wildman–Crippen MR) is 80.0 cm³/mol. The van der Waals surface area contributed by atoms with Crippen LogP contribution in [0.25, 0.3) is 0 Å². The first kappa shape index (κ1) is 15.0. The highest BCUT2D eigenvalue weighted by Crippen LogP contribution is 2.17. The average Bonchev–Trinajstić information content (AvgIpc) is 2.46. The SMILES string of the molecule is Cc1cc(S(=O)(=O)Nc2cccnn2)ccc1C#CCN. The molecule has 0 fully saturated rings. The van der Waals surface area contributed by atoms with E-state index in [1.165, 1.54) is 18.3 Å². The largest absolute Gasteiger partial charge is 0.320 e. The Labute approximate surface area is 123 Å². The fourth-order valence-electron chi connectivity index (χ4n) is 1.64. The van der Waals surface area contributed by atoms with Crippen LogP contribution >= 0.6 is 0 Å². The van der Waals surface area contributed by atoms with Crippen LogP contribution in [0.5, 0.6) is 0 Å². The zero-order valence-corrected chi connectivity index (χ0v) is 12.2. The molecule has 7 heteroatoms. The van der Waals surface area contributed by atoms with Crippen molar-refractivity contribution in [2.45, 2.75) is 11.8 Å². The molecule has 21 heavy (non-hydrogen) atoms. The molecule has 0 aliphatic carbocycles. The number of sulfonamides is 1. The summed E-state index contributed by atoms with van der Waals surface area (Å²) >= 11 is 0. The third-order valence-corrected chi connectivity index (χ3v) is 4.00. The molecular formula is C14H14N4O2S. The number of benzene rings is 1. The maximum absolute atomic E-state index is 12.2. The fourth-order valence-corrected chi connectivity index (χ4v) is 2.72. The van der Waals surface area contributed by atoms with Gasteiger partial charge < -0.3 is 5.73 Å². The van der Waals surface area contributed by atoms with Crippen LogP contribution in [0.3, 0.4) is 0 Å². The van der Waals surface area contributed by atoms with Crippen molar-refractivity contribution >= 4 is 15.8 Å². The van der Waals surface area contributed by atoms with Crippen LogP contribution in [0.2, 0.25) is 0 Å². The summed E-state index contributed by atoms with van der Waals surface area (Å²) in [6.07, 6.45) is 1.47. The lowest BCUT2D eigenvalue weighted by molar-refractivity contribution is 0.601. The van der Waals surface area contributed by atoms with Gasteiger partial charge in [-0.3, -0.25) is 4.72 Å². The van der Waals surface area contributed by atoms with Gasteiger partial charge in [-0.1, -0.05) is 11.8 Å². The van der Waals surface area contributed by atoms with E-state index < -0.39 is 10.0 Å². The summed E-state index contributed by atoms with van der Waals surface area (Å²) in [5.41, 5.74) is 6.83. The van der Waals surface area contributed by atoms with Gasteiger partial charge >= 0.3 is 0 Å². The smallest absolute Gasteiger partial charge is 0.263 e. The number of nitrogens with zero attached hydrogens (tertiary/aromatic N) is 2. The van der Waals surface area contributed by atoms with E-state index in [1.54, 1.807) is 25.1 Å². The van der Waals surface area contributed by atoms with Crippen LogP contribution in [0.1, 0.15) is 11.1 Å². The Hall–Kier alpha value is -2.43. The molecule has 2 rings (SSSR count). The number of hydrogen-bond acceptors (Lipinski definition) is 5. The monoisotopic (exact) mass is 302 g/mol. The van der Waals surface area contributed by atoms with Crippen LogP contribution in [0.15, 0.2) is 41.4 Å². The number of aromatic nitrogens is 2. The Kier molecular flexibility index (Phi) is 4.52. The molecule has 0 unspecified atom stereocenters. The Morgan fingerprint density at radius 2 is 2.14 bits per heavy atom. The molecule has 0 bridgehead atoms. The molecule has 108 valence electrons. The highest BCUT2D eigenvalue weighted by atomic mass is 32.2. The molecular weight excluding hydrogens is 288 g/mol. The van der Waals surface area contributed by atoms with E-state index >= 15 is 0 Å². The molecule has 1 aromatic heterocycles. The summed E-state index contributed by atoms with van der Waals surface area (Å²) in [7, 11) is -3.70. The van der Waals surface area contributed by atoms with Crippen LogP contribution in [0.4, 0.5) is 5.82 Å². The molecule has 2 aromatic rings. The minimum absolute atomic E-state index is 0.143. The van der Waals surface area contributed by atoms with Gasteiger partial charge in [0.05, 0.1) is 11.4 Å². The summed E-state index contributed by atoms with van der Waals surface area (Å²) < 4.78 is 26.9. The third-order valence-electron chi connectivity index (χ3n) is 2.64. The van der Waals surface area contributed by atoms with Gasteiger partial charge in [0.1, 0.15) is 0 Å².